The molecule has 0 amide bonds. The van der Waals surface area contributed by atoms with E-state index < -0.39 is 0 Å². The fraction of sp³-hybridized carbons (Fsp3) is 0.450. The zero-order valence-corrected chi connectivity index (χ0v) is 16.7. The van der Waals surface area contributed by atoms with Crippen LogP contribution in [0.15, 0.2) is 24.4 Å². The third-order valence-electron chi connectivity index (χ3n) is 6.06. The van der Waals surface area contributed by atoms with E-state index in [0.29, 0.717) is 26.7 Å². The highest BCUT2D eigenvalue weighted by molar-refractivity contribution is 6.44. The molecule has 0 atom stereocenters. The van der Waals surface area contributed by atoms with Crippen LogP contribution in [0.5, 0.6) is 0 Å². The molecule has 2 heterocycles. The molecule has 0 unspecified atom stereocenters. The smallest absolute Gasteiger partial charge is 0.154 e. The van der Waals surface area contributed by atoms with Gasteiger partial charge in [-0.15, -0.1) is 0 Å². The van der Waals surface area contributed by atoms with Crippen LogP contribution in [-0.4, -0.2) is 28.8 Å². The van der Waals surface area contributed by atoms with Gasteiger partial charge in [0, 0.05) is 18.7 Å². The second kappa shape index (κ2) is 7.28. The van der Waals surface area contributed by atoms with E-state index in [4.69, 9.17) is 34.3 Å². The van der Waals surface area contributed by atoms with Crippen molar-refractivity contribution in [3.63, 3.8) is 0 Å². The molecule has 0 bridgehead atoms. The molecule has 27 heavy (non-hydrogen) atoms. The maximum Gasteiger partial charge on any atom is 0.154 e. The van der Waals surface area contributed by atoms with Crippen LogP contribution >= 0.6 is 23.2 Å². The van der Waals surface area contributed by atoms with Gasteiger partial charge in [-0.3, -0.25) is 5.41 Å². The Morgan fingerprint density at radius 3 is 2.48 bits per heavy atom. The molecule has 1 spiro atoms. The van der Waals surface area contributed by atoms with Crippen molar-refractivity contribution in [2.24, 2.45) is 5.41 Å². The molecule has 0 radical (unpaired) electrons. The number of nitrogens with two attached hydrogens (primary N) is 1. The number of anilines is 2. The normalized spacial score (nSPS) is 18.8. The lowest BCUT2D eigenvalue weighted by Crippen LogP contribution is -2.39. The highest BCUT2D eigenvalue weighted by Gasteiger charge is 2.37. The summed E-state index contributed by atoms with van der Waals surface area (Å²) < 4.78 is 0. The van der Waals surface area contributed by atoms with E-state index in [0.717, 1.165) is 18.9 Å². The summed E-state index contributed by atoms with van der Waals surface area (Å²) in [5.74, 6) is 1.03. The van der Waals surface area contributed by atoms with Gasteiger partial charge in [-0.05, 0) is 37.2 Å². The van der Waals surface area contributed by atoms with Gasteiger partial charge in [0.15, 0.2) is 5.82 Å². The molecule has 1 saturated heterocycles. The zero-order valence-electron chi connectivity index (χ0n) is 15.1. The minimum atomic E-state index is 0.127. The molecule has 1 saturated carbocycles. The van der Waals surface area contributed by atoms with Crippen LogP contribution in [0.1, 0.15) is 49.8 Å². The monoisotopic (exact) mass is 403 g/mol. The molecule has 2 fully saturated rings. The van der Waals surface area contributed by atoms with Crippen LogP contribution in [0, 0.1) is 10.8 Å². The van der Waals surface area contributed by atoms with Crippen LogP contribution in [0.2, 0.25) is 10.0 Å². The predicted molar refractivity (Wildman–Crippen MR) is 111 cm³/mol. The van der Waals surface area contributed by atoms with E-state index in [-0.39, 0.29) is 11.5 Å². The first-order valence-corrected chi connectivity index (χ1v) is 10.2. The van der Waals surface area contributed by atoms with Crippen molar-refractivity contribution >= 4 is 40.5 Å². The van der Waals surface area contributed by atoms with Gasteiger partial charge in [-0.1, -0.05) is 48.2 Å². The Hall–Kier alpha value is -1.85. The Morgan fingerprint density at radius 2 is 1.81 bits per heavy atom. The number of benzene rings is 1. The first-order valence-electron chi connectivity index (χ1n) is 9.40. The summed E-state index contributed by atoms with van der Waals surface area (Å²) >= 11 is 12.3. The SMILES string of the molecule is N=C(c1cccc(Cl)c1Cl)c1ncc(N2CCC3(CCCC3)CC2)nc1N. The summed E-state index contributed by atoms with van der Waals surface area (Å²) in [6.45, 7) is 1.98. The number of aromatic nitrogens is 2. The molecule has 1 aliphatic heterocycles. The molecule has 5 nitrogen and oxygen atoms in total. The molecule has 2 aliphatic rings. The molecule has 1 aromatic heterocycles. The Bertz CT molecular complexity index is 867. The average Bonchev–Trinajstić information content (AvgIpc) is 3.12. The van der Waals surface area contributed by atoms with Crippen molar-refractivity contribution in [2.75, 3.05) is 23.7 Å². The Kier molecular flexibility index (Phi) is 4.99. The molecule has 1 aromatic carbocycles. The summed E-state index contributed by atoms with van der Waals surface area (Å²) in [4.78, 5) is 11.2. The van der Waals surface area contributed by atoms with Gasteiger partial charge in [0.05, 0.1) is 22.0 Å². The first-order chi connectivity index (χ1) is 13.0. The van der Waals surface area contributed by atoms with Gasteiger partial charge in [0.25, 0.3) is 0 Å². The molecule has 2 aromatic rings. The second-order valence-electron chi connectivity index (χ2n) is 7.63. The second-order valence-corrected chi connectivity index (χ2v) is 8.42. The Morgan fingerprint density at radius 1 is 1.11 bits per heavy atom. The summed E-state index contributed by atoms with van der Waals surface area (Å²) in [6, 6.07) is 5.17. The Balaban J connectivity index is 1.53. The van der Waals surface area contributed by atoms with Gasteiger partial charge in [0.1, 0.15) is 11.5 Å². The van der Waals surface area contributed by atoms with Gasteiger partial charge in [-0.25, -0.2) is 9.97 Å². The highest BCUT2D eigenvalue weighted by atomic mass is 35.5. The summed E-state index contributed by atoms with van der Waals surface area (Å²) in [6.07, 6.45) is 9.61. The molecule has 4 rings (SSSR count). The number of nitrogen functional groups attached to an aromatic ring is 1. The molecular formula is C20H23Cl2N5. The standard InChI is InChI=1S/C20H23Cl2N5/c21-14-5-3-4-13(16(14)22)17(23)18-19(24)26-15(12-25-18)27-10-8-20(9-11-27)6-1-2-7-20/h3-5,12,23H,1-2,6-11H2,(H2,24,26). The summed E-state index contributed by atoms with van der Waals surface area (Å²) in [5.41, 5.74) is 7.66. The fourth-order valence-corrected chi connectivity index (χ4v) is 4.79. The average molecular weight is 404 g/mol. The lowest BCUT2D eigenvalue weighted by atomic mass is 9.77. The molecule has 7 heteroatoms. The number of hydrogen-bond acceptors (Lipinski definition) is 5. The van der Waals surface area contributed by atoms with E-state index in [1.807, 2.05) is 0 Å². The largest absolute Gasteiger partial charge is 0.382 e. The van der Waals surface area contributed by atoms with Gasteiger partial charge in [-0.2, -0.15) is 0 Å². The molecule has 3 N–H and O–H groups in total. The van der Waals surface area contributed by atoms with E-state index in [9.17, 15) is 0 Å². The van der Waals surface area contributed by atoms with E-state index in [2.05, 4.69) is 14.9 Å². The number of rotatable bonds is 3. The maximum atomic E-state index is 8.43. The van der Waals surface area contributed by atoms with Crippen molar-refractivity contribution in [3.8, 4) is 0 Å². The number of halogens is 2. The fourth-order valence-electron chi connectivity index (χ4n) is 4.40. The van der Waals surface area contributed by atoms with Crippen molar-refractivity contribution < 1.29 is 0 Å². The minimum absolute atomic E-state index is 0.127. The number of hydrogen-bond donors (Lipinski definition) is 2. The third kappa shape index (κ3) is 3.50. The van der Waals surface area contributed by atoms with Crippen LogP contribution in [-0.2, 0) is 0 Å². The third-order valence-corrected chi connectivity index (χ3v) is 6.88. The number of nitrogens with one attached hydrogen (secondary N) is 1. The Labute approximate surface area is 169 Å². The first kappa shape index (κ1) is 18.5. The van der Waals surface area contributed by atoms with E-state index >= 15 is 0 Å². The minimum Gasteiger partial charge on any atom is -0.382 e. The lowest BCUT2D eigenvalue weighted by molar-refractivity contribution is 0.226. The molecule has 1 aliphatic carbocycles. The highest BCUT2D eigenvalue weighted by Crippen LogP contribution is 2.46. The number of nitrogens with zero attached hydrogens (tertiary/aromatic N) is 3. The van der Waals surface area contributed by atoms with Crippen LogP contribution < -0.4 is 10.6 Å². The van der Waals surface area contributed by atoms with Crippen molar-refractivity contribution in [1.29, 1.82) is 5.41 Å². The van der Waals surface area contributed by atoms with Crippen molar-refractivity contribution in [2.45, 2.75) is 38.5 Å². The van der Waals surface area contributed by atoms with Crippen LogP contribution in [0.25, 0.3) is 0 Å². The van der Waals surface area contributed by atoms with Crippen LogP contribution in [0.4, 0.5) is 11.6 Å². The van der Waals surface area contributed by atoms with Gasteiger partial charge >= 0.3 is 0 Å². The van der Waals surface area contributed by atoms with Gasteiger partial charge < -0.3 is 10.6 Å². The topological polar surface area (TPSA) is 78.9 Å². The quantitative estimate of drug-likeness (QED) is 0.710. The molecular weight excluding hydrogens is 381 g/mol. The van der Waals surface area contributed by atoms with Gasteiger partial charge in [0.2, 0.25) is 0 Å². The van der Waals surface area contributed by atoms with E-state index in [1.165, 1.54) is 38.5 Å². The van der Waals surface area contributed by atoms with Crippen LogP contribution in [0.3, 0.4) is 0 Å². The zero-order chi connectivity index (χ0) is 19.0. The maximum absolute atomic E-state index is 8.43. The van der Waals surface area contributed by atoms with Crippen molar-refractivity contribution in [3.05, 3.63) is 45.7 Å². The van der Waals surface area contributed by atoms with E-state index in [1.54, 1.807) is 24.4 Å². The molecule has 142 valence electrons. The van der Waals surface area contributed by atoms with Crippen molar-refractivity contribution in [1.82, 2.24) is 9.97 Å². The number of piperidine rings is 1. The summed E-state index contributed by atoms with van der Waals surface area (Å²) in [5, 5.41) is 9.16. The lowest BCUT2D eigenvalue weighted by Gasteiger charge is -2.39. The summed E-state index contributed by atoms with van der Waals surface area (Å²) in [7, 11) is 0. The predicted octanol–water partition coefficient (Wildman–Crippen LogP) is 4.94.